The van der Waals surface area contributed by atoms with Gasteiger partial charge in [0.1, 0.15) is 0 Å². The van der Waals surface area contributed by atoms with Gasteiger partial charge in [-0.25, -0.2) is 8.42 Å². The summed E-state index contributed by atoms with van der Waals surface area (Å²) >= 11 is 0. The Kier molecular flexibility index (Phi) is 2.80. The molecule has 0 aromatic heterocycles. The molecule has 68 valence electrons. The van der Waals surface area contributed by atoms with Crippen LogP contribution < -0.4 is 0 Å². The minimum Gasteiger partial charge on any atom is -0.243 e. The van der Waals surface area contributed by atoms with Gasteiger partial charge in [-0.05, 0) is 0 Å². The van der Waals surface area contributed by atoms with E-state index in [0.29, 0.717) is 0 Å². The van der Waals surface area contributed by atoms with Gasteiger partial charge in [-0.2, -0.15) is 0 Å². The summed E-state index contributed by atoms with van der Waals surface area (Å²) in [5.41, 5.74) is 0. The van der Waals surface area contributed by atoms with Crippen molar-refractivity contribution in [1.29, 1.82) is 0 Å². The number of rotatable bonds is 2. The van der Waals surface area contributed by atoms with Gasteiger partial charge in [-0.1, -0.05) is 39.3 Å². The van der Waals surface area contributed by atoms with Crippen LogP contribution in [0, 0.1) is 0 Å². The van der Waals surface area contributed by atoms with E-state index in [0.717, 1.165) is 0 Å². The summed E-state index contributed by atoms with van der Waals surface area (Å²) in [7, 11) is -6.71. The summed E-state index contributed by atoms with van der Waals surface area (Å²) in [5, 5.41) is 0. The monoisotopic (exact) mass is 210 g/mol. The zero-order valence-electron chi connectivity index (χ0n) is 8.22. The van der Waals surface area contributed by atoms with Crippen LogP contribution in [0.2, 0.25) is 39.3 Å². The Bertz CT molecular complexity index is 210. The molecular formula is C6H18O2SSi2. The Labute approximate surface area is 71.2 Å². The summed E-state index contributed by atoms with van der Waals surface area (Å²) < 4.78 is 23.6. The number of hydrogen-bond acceptors (Lipinski definition) is 2. The first-order chi connectivity index (χ1) is 4.50. The fourth-order valence-electron chi connectivity index (χ4n) is 0.919. The third kappa shape index (κ3) is 2.16. The molecule has 0 fully saturated rings. The second kappa shape index (κ2) is 2.71. The van der Waals surface area contributed by atoms with E-state index in [-0.39, 0.29) is 0 Å². The smallest absolute Gasteiger partial charge is 0.178 e. The molecule has 0 saturated heterocycles. The van der Waals surface area contributed by atoms with E-state index in [2.05, 4.69) is 0 Å². The molecule has 0 bridgehead atoms. The van der Waals surface area contributed by atoms with Crippen molar-refractivity contribution in [2.45, 2.75) is 39.3 Å². The minimum absolute atomic E-state index is 1.90. The lowest BCUT2D eigenvalue weighted by Crippen LogP contribution is -2.48. The molecule has 0 aromatic rings. The van der Waals surface area contributed by atoms with Crippen LogP contribution in [-0.2, 0) is 8.74 Å². The predicted octanol–water partition coefficient (Wildman–Crippen LogP) is 2.07. The van der Waals surface area contributed by atoms with Gasteiger partial charge < -0.3 is 0 Å². The van der Waals surface area contributed by atoms with Gasteiger partial charge >= 0.3 is 0 Å². The third-order valence-electron chi connectivity index (χ3n) is 1.61. The molecule has 0 saturated carbocycles. The lowest BCUT2D eigenvalue weighted by molar-refractivity contribution is 0.617. The Balaban J connectivity index is 5.11. The molecule has 0 heterocycles. The van der Waals surface area contributed by atoms with Gasteiger partial charge in [0.25, 0.3) is 0 Å². The van der Waals surface area contributed by atoms with Crippen LogP contribution in [-0.4, -0.2) is 22.9 Å². The molecule has 0 atom stereocenters. The van der Waals surface area contributed by atoms with Crippen molar-refractivity contribution in [1.82, 2.24) is 0 Å². The largest absolute Gasteiger partial charge is 0.243 e. The van der Waals surface area contributed by atoms with Crippen molar-refractivity contribution < 1.29 is 8.42 Å². The highest BCUT2D eigenvalue weighted by atomic mass is 32.6. The van der Waals surface area contributed by atoms with Crippen LogP contribution in [0.25, 0.3) is 0 Å². The average molecular weight is 210 g/mol. The highest BCUT2D eigenvalue weighted by Crippen LogP contribution is 2.22. The first-order valence-electron chi connectivity index (χ1n) is 3.74. The van der Waals surface area contributed by atoms with Crippen LogP contribution in [0.15, 0.2) is 0 Å². The van der Waals surface area contributed by atoms with Crippen molar-refractivity contribution in [2.24, 2.45) is 0 Å². The van der Waals surface area contributed by atoms with Crippen LogP contribution in [0.5, 0.6) is 0 Å². The van der Waals surface area contributed by atoms with E-state index >= 15 is 0 Å². The lowest BCUT2D eigenvalue weighted by atomic mass is 11.8. The number of hydrogen-bond donors (Lipinski definition) is 0. The average Bonchev–Trinajstić information content (AvgIpc) is 1.58. The van der Waals surface area contributed by atoms with Crippen molar-refractivity contribution in [2.75, 3.05) is 0 Å². The Hall–Kier alpha value is 0.384. The molecule has 0 aliphatic carbocycles. The van der Waals surface area contributed by atoms with Crippen molar-refractivity contribution in [3.63, 3.8) is 0 Å². The minimum atomic E-state index is -2.74. The molecule has 0 unspecified atom stereocenters. The molecular weight excluding hydrogens is 192 g/mol. The molecule has 0 amide bonds. The summed E-state index contributed by atoms with van der Waals surface area (Å²) in [5.74, 6) is 0. The highest BCUT2D eigenvalue weighted by Gasteiger charge is 2.42. The van der Waals surface area contributed by atoms with E-state index in [1.54, 1.807) is 0 Å². The summed E-state index contributed by atoms with van der Waals surface area (Å²) in [6.07, 6.45) is 0. The van der Waals surface area contributed by atoms with E-state index < -0.39 is 23.2 Å². The van der Waals surface area contributed by atoms with Crippen molar-refractivity contribution in [3.05, 3.63) is 0 Å². The van der Waals surface area contributed by atoms with Gasteiger partial charge in [-0.3, -0.25) is 0 Å². The molecule has 0 aliphatic heterocycles. The first kappa shape index (κ1) is 11.4. The summed E-state index contributed by atoms with van der Waals surface area (Å²) in [6, 6.07) is 0. The topological polar surface area (TPSA) is 34.1 Å². The molecule has 0 aliphatic rings. The van der Waals surface area contributed by atoms with E-state index in [4.69, 9.17) is 0 Å². The fourth-order valence-corrected chi connectivity index (χ4v) is 24.8. The first-order valence-corrected chi connectivity index (χ1v) is 13.7. The quantitative estimate of drug-likeness (QED) is 0.654. The van der Waals surface area contributed by atoms with E-state index in [1.165, 1.54) is 0 Å². The Morgan fingerprint density at radius 2 is 0.909 bits per heavy atom. The molecule has 11 heavy (non-hydrogen) atoms. The Morgan fingerprint density at radius 1 is 0.727 bits per heavy atom. The van der Waals surface area contributed by atoms with E-state index in [1.807, 2.05) is 39.3 Å². The zero-order chi connectivity index (χ0) is 9.50. The van der Waals surface area contributed by atoms with Crippen LogP contribution in [0.1, 0.15) is 0 Å². The van der Waals surface area contributed by atoms with E-state index in [9.17, 15) is 8.42 Å². The maximum absolute atomic E-state index is 11.8. The summed E-state index contributed by atoms with van der Waals surface area (Å²) in [6.45, 7) is 11.4. The predicted molar refractivity (Wildman–Crippen MR) is 55.6 cm³/mol. The molecule has 0 rings (SSSR count). The zero-order valence-corrected chi connectivity index (χ0v) is 11.0. The Morgan fingerprint density at radius 3 is 0.909 bits per heavy atom. The van der Waals surface area contributed by atoms with Crippen LogP contribution in [0.4, 0.5) is 0 Å². The second-order valence-electron chi connectivity index (χ2n) is 4.73. The molecule has 0 N–H and O–H groups in total. The third-order valence-corrected chi connectivity index (χ3v) is 25.5. The van der Waals surface area contributed by atoms with Crippen LogP contribution >= 0.6 is 0 Å². The van der Waals surface area contributed by atoms with Crippen molar-refractivity contribution >= 4 is 23.2 Å². The van der Waals surface area contributed by atoms with Crippen LogP contribution in [0.3, 0.4) is 0 Å². The second-order valence-corrected chi connectivity index (χ2v) is 26.0. The maximum Gasteiger partial charge on any atom is 0.178 e. The van der Waals surface area contributed by atoms with Gasteiger partial charge in [0.15, 0.2) is 14.4 Å². The maximum atomic E-state index is 11.8. The molecule has 0 radical (unpaired) electrons. The molecule has 2 nitrogen and oxygen atoms in total. The van der Waals surface area contributed by atoms with Crippen molar-refractivity contribution in [3.8, 4) is 0 Å². The molecule has 5 heteroatoms. The highest BCUT2D eigenvalue weighted by molar-refractivity contribution is 8.43. The SMILES string of the molecule is C[Si](C)(C)S(=O)(=O)[Si](C)(C)C. The fraction of sp³-hybridized carbons (Fsp3) is 1.00. The summed E-state index contributed by atoms with van der Waals surface area (Å²) in [4.78, 5) is 0. The van der Waals surface area contributed by atoms with Gasteiger partial charge in [0.2, 0.25) is 0 Å². The normalized spacial score (nSPS) is 15.1. The molecule has 0 aromatic carbocycles. The lowest BCUT2D eigenvalue weighted by Gasteiger charge is -2.26. The van der Waals surface area contributed by atoms with Gasteiger partial charge in [0.05, 0.1) is 8.74 Å². The van der Waals surface area contributed by atoms with Gasteiger partial charge in [-0.15, -0.1) is 0 Å². The molecule has 0 spiro atoms. The standard InChI is InChI=1S/C6H18O2SSi2/c1-10(2,3)9(7,8)11(4,5)6/h1-6H3. The van der Waals surface area contributed by atoms with Gasteiger partial charge in [0, 0.05) is 0 Å².